The number of hydrogen-bond acceptors (Lipinski definition) is 3. The molecule has 2 aromatic rings. The third kappa shape index (κ3) is 4.63. The lowest BCUT2D eigenvalue weighted by atomic mass is 10.2. The Balaban J connectivity index is 0.00000117. The van der Waals surface area contributed by atoms with Gasteiger partial charge in [0.2, 0.25) is 0 Å². The van der Waals surface area contributed by atoms with Gasteiger partial charge in [0, 0.05) is 47.9 Å². The summed E-state index contributed by atoms with van der Waals surface area (Å²) >= 11 is 1.72. The maximum atomic E-state index is 3.94. The minimum absolute atomic E-state index is 1.05. The van der Waals surface area contributed by atoms with Gasteiger partial charge in [0.15, 0.2) is 0 Å². The summed E-state index contributed by atoms with van der Waals surface area (Å²) in [5, 5.41) is 4.76. The Kier molecular flexibility index (Phi) is 8.07. The van der Waals surface area contributed by atoms with Crippen LogP contribution in [0.4, 0.5) is 5.69 Å². The fourth-order valence-corrected chi connectivity index (χ4v) is 3.94. The van der Waals surface area contributed by atoms with Gasteiger partial charge in [-0.25, -0.2) is 0 Å². The van der Waals surface area contributed by atoms with Crippen molar-refractivity contribution in [3.63, 3.8) is 0 Å². The SMILES string of the molecule is C=C/C(=C\C=C/C)Sn1c(C)cc2c(N3CCNCC3)cccc21.CC. The van der Waals surface area contributed by atoms with Crippen molar-refractivity contribution in [1.82, 2.24) is 9.29 Å². The van der Waals surface area contributed by atoms with Gasteiger partial charge in [-0.3, -0.25) is 3.97 Å². The number of aromatic nitrogens is 1. The predicted octanol–water partition coefficient (Wildman–Crippen LogP) is 5.53. The van der Waals surface area contributed by atoms with Gasteiger partial charge >= 0.3 is 0 Å². The highest BCUT2D eigenvalue weighted by Gasteiger charge is 2.16. The third-order valence-corrected chi connectivity index (χ3v) is 5.44. The van der Waals surface area contributed by atoms with Crippen LogP contribution in [0.5, 0.6) is 0 Å². The Bertz CT molecular complexity index is 780. The van der Waals surface area contributed by atoms with Gasteiger partial charge < -0.3 is 10.2 Å². The van der Waals surface area contributed by atoms with E-state index in [1.807, 2.05) is 32.9 Å². The first-order valence-electron chi connectivity index (χ1n) is 9.45. The van der Waals surface area contributed by atoms with E-state index in [4.69, 9.17) is 0 Å². The Labute approximate surface area is 162 Å². The highest BCUT2D eigenvalue weighted by atomic mass is 32.2. The fourth-order valence-electron chi connectivity index (χ4n) is 3.06. The minimum atomic E-state index is 1.05. The lowest BCUT2D eigenvalue weighted by molar-refractivity contribution is 0.590. The highest BCUT2D eigenvalue weighted by Crippen LogP contribution is 2.34. The molecule has 0 radical (unpaired) electrons. The molecule has 1 saturated heterocycles. The second-order valence-corrected chi connectivity index (χ2v) is 6.94. The molecule has 1 aromatic carbocycles. The number of allylic oxidation sites excluding steroid dienone is 4. The van der Waals surface area contributed by atoms with Crippen LogP contribution in [0.3, 0.4) is 0 Å². The van der Waals surface area contributed by atoms with Crippen molar-refractivity contribution >= 4 is 28.5 Å². The molecule has 1 aliphatic heterocycles. The van der Waals surface area contributed by atoms with Crippen LogP contribution in [-0.4, -0.2) is 30.2 Å². The number of nitrogens with zero attached hydrogens (tertiary/aromatic N) is 2. The van der Waals surface area contributed by atoms with Crippen LogP contribution in [0.2, 0.25) is 0 Å². The summed E-state index contributed by atoms with van der Waals surface area (Å²) in [5.41, 5.74) is 3.86. The summed E-state index contributed by atoms with van der Waals surface area (Å²) in [6.07, 6.45) is 8.10. The number of fused-ring (bicyclic) bond motifs is 1. The average Bonchev–Trinajstić information content (AvgIpc) is 3.02. The number of piperazine rings is 1. The van der Waals surface area contributed by atoms with Crippen molar-refractivity contribution in [2.24, 2.45) is 0 Å². The Hall–Kier alpha value is -1.91. The van der Waals surface area contributed by atoms with Crippen molar-refractivity contribution < 1.29 is 0 Å². The Morgan fingerprint density at radius 2 is 1.96 bits per heavy atom. The first-order chi connectivity index (χ1) is 12.7. The second-order valence-electron chi connectivity index (χ2n) is 5.92. The molecule has 0 amide bonds. The topological polar surface area (TPSA) is 20.2 Å². The average molecular weight is 370 g/mol. The van der Waals surface area contributed by atoms with E-state index >= 15 is 0 Å². The molecule has 3 rings (SSSR count). The van der Waals surface area contributed by atoms with Crippen molar-refractivity contribution in [1.29, 1.82) is 0 Å². The molecule has 0 saturated carbocycles. The van der Waals surface area contributed by atoms with Crippen LogP contribution < -0.4 is 10.2 Å². The molecule has 0 aliphatic carbocycles. The molecule has 1 fully saturated rings. The molecular formula is C22H31N3S. The number of aryl methyl sites for hydroxylation is 1. The van der Waals surface area contributed by atoms with Crippen LogP contribution >= 0.6 is 11.9 Å². The molecule has 1 N–H and O–H groups in total. The number of anilines is 1. The number of benzene rings is 1. The van der Waals surface area contributed by atoms with Crippen molar-refractivity contribution in [2.75, 3.05) is 31.1 Å². The van der Waals surface area contributed by atoms with Crippen molar-refractivity contribution in [3.05, 3.63) is 65.7 Å². The number of nitrogens with one attached hydrogen (secondary N) is 1. The normalized spacial score (nSPS) is 15.2. The smallest absolute Gasteiger partial charge is 0.0618 e. The van der Waals surface area contributed by atoms with Gasteiger partial charge in [-0.15, -0.1) is 0 Å². The monoisotopic (exact) mass is 369 g/mol. The summed E-state index contributed by atoms with van der Waals surface area (Å²) in [6, 6.07) is 8.92. The molecule has 2 heterocycles. The maximum absolute atomic E-state index is 3.94. The van der Waals surface area contributed by atoms with Crippen LogP contribution in [0, 0.1) is 6.92 Å². The number of rotatable bonds is 5. The van der Waals surface area contributed by atoms with Crippen LogP contribution in [0.1, 0.15) is 26.5 Å². The minimum Gasteiger partial charge on any atom is -0.368 e. The highest BCUT2D eigenvalue weighted by molar-refractivity contribution is 8.02. The first kappa shape index (κ1) is 20.4. The largest absolute Gasteiger partial charge is 0.368 e. The lowest BCUT2D eigenvalue weighted by Gasteiger charge is -2.30. The van der Waals surface area contributed by atoms with Gasteiger partial charge in [-0.05, 0) is 50.1 Å². The van der Waals surface area contributed by atoms with Crippen LogP contribution in [-0.2, 0) is 0 Å². The van der Waals surface area contributed by atoms with Gasteiger partial charge in [-0.1, -0.05) is 44.7 Å². The molecule has 140 valence electrons. The zero-order chi connectivity index (χ0) is 18.9. The first-order valence-corrected chi connectivity index (χ1v) is 10.2. The standard InChI is InChI=1S/C20H25N3S.C2H6/c1-4-6-8-17(5-2)24-23-16(3)15-18-19(9-7-10-20(18)23)22-13-11-21-12-14-22;1-2/h4-10,15,21H,2,11-14H2,1,3H3;1-2H3/b6-4-,17-8+;. The maximum Gasteiger partial charge on any atom is 0.0618 e. The number of hydrogen-bond donors (Lipinski definition) is 1. The van der Waals surface area contributed by atoms with Gasteiger partial charge in [0.05, 0.1) is 5.52 Å². The molecule has 0 unspecified atom stereocenters. The molecule has 0 atom stereocenters. The molecular weight excluding hydrogens is 338 g/mol. The van der Waals surface area contributed by atoms with Crippen molar-refractivity contribution in [3.8, 4) is 0 Å². The van der Waals surface area contributed by atoms with E-state index in [2.05, 4.69) is 64.1 Å². The summed E-state index contributed by atoms with van der Waals surface area (Å²) in [6.45, 7) is 16.4. The summed E-state index contributed by atoms with van der Waals surface area (Å²) in [7, 11) is 0. The molecule has 0 spiro atoms. The predicted molar refractivity (Wildman–Crippen MR) is 119 cm³/mol. The van der Waals surface area contributed by atoms with E-state index < -0.39 is 0 Å². The third-order valence-electron chi connectivity index (χ3n) is 4.26. The molecule has 3 nitrogen and oxygen atoms in total. The van der Waals surface area contributed by atoms with E-state index in [1.54, 1.807) is 11.9 Å². The molecule has 0 bridgehead atoms. The molecule has 1 aromatic heterocycles. The molecule has 1 aliphatic rings. The van der Waals surface area contributed by atoms with E-state index in [-0.39, 0.29) is 0 Å². The van der Waals surface area contributed by atoms with Gasteiger partial charge in [0.25, 0.3) is 0 Å². The summed E-state index contributed by atoms with van der Waals surface area (Å²) in [4.78, 5) is 3.62. The van der Waals surface area contributed by atoms with Gasteiger partial charge in [0.1, 0.15) is 0 Å². The molecule has 26 heavy (non-hydrogen) atoms. The van der Waals surface area contributed by atoms with Gasteiger partial charge in [-0.2, -0.15) is 0 Å². The zero-order valence-corrected chi connectivity index (χ0v) is 17.3. The summed E-state index contributed by atoms with van der Waals surface area (Å²) < 4.78 is 2.30. The fraction of sp³-hybridized carbons (Fsp3) is 0.364. The lowest BCUT2D eigenvalue weighted by Crippen LogP contribution is -2.43. The van der Waals surface area contributed by atoms with Crippen LogP contribution in [0.15, 0.2) is 60.1 Å². The second kappa shape index (κ2) is 10.3. The quantitative estimate of drug-likeness (QED) is 0.700. The zero-order valence-electron chi connectivity index (χ0n) is 16.5. The Morgan fingerprint density at radius 1 is 1.23 bits per heavy atom. The summed E-state index contributed by atoms with van der Waals surface area (Å²) in [5.74, 6) is 0. The van der Waals surface area contributed by atoms with E-state index in [0.29, 0.717) is 0 Å². The van der Waals surface area contributed by atoms with E-state index in [0.717, 1.165) is 31.1 Å². The van der Waals surface area contributed by atoms with Crippen LogP contribution in [0.25, 0.3) is 10.9 Å². The molecule has 4 heteroatoms. The van der Waals surface area contributed by atoms with Crippen molar-refractivity contribution in [2.45, 2.75) is 27.7 Å². The van der Waals surface area contributed by atoms with E-state index in [1.165, 1.54) is 22.3 Å². The Morgan fingerprint density at radius 3 is 2.62 bits per heavy atom. The van der Waals surface area contributed by atoms with E-state index in [9.17, 15) is 0 Å².